The molecule has 2 aromatic carbocycles. The fraction of sp³-hybridized carbons (Fsp3) is 0.292. The summed E-state index contributed by atoms with van der Waals surface area (Å²) in [5, 5.41) is 20.5. The topological polar surface area (TPSA) is 77.1 Å². The quantitative estimate of drug-likeness (QED) is 0.795. The van der Waals surface area contributed by atoms with Gasteiger partial charge in [0.15, 0.2) is 11.2 Å². The van der Waals surface area contributed by atoms with Crippen LogP contribution in [-0.4, -0.2) is 24.5 Å². The minimum absolute atomic E-state index is 0.0798. The van der Waals surface area contributed by atoms with Crippen molar-refractivity contribution >= 4 is 17.5 Å². The van der Waals surface area contributed by atoms with Crippen molar-refractivity contribution in [2.75, 3.05) is 11.5 Å². The molecule has 2 heterocycles. The van der Waals surface area contributed by atoms with Crippen LogP contribution in [0.2, 0.25) is 0 Å². The van der Waals surface area contributed by atoms with Gasteiger partial charge in [-0.2, -0.15) is 10.5 Å². The second-order valence-electron chi connectivity index (χ2n) is 7.37. The first-order chi connectivity index (χ1) is 14.1. The standard InChI is InChI=1S/C24H21N3O2/c1-3-29-20-11-7-5-9-18(20)22-23(16(2)28)27-19-10-6-4-8-17(19)12-13-21(27)24(22,14-25)15-26/h4-13,21-23H,3H2,1-2H3/t21-,22+,23+/m0/s1. The molecule has 144 valence electrons. The van der Waals surface area contributed by atoms with Crippen LogP contribution in [0.5, 0.6) is 5.75 Å². The maximum Gasteiger partial charge on any atom is 0.176 e. The molecule has 2 aromatic rings. The summed E-state index contributed by atoms with van der Waals surface area (Å²) >= 11 is 0. The number of hydrogen-bond donors (Lipinski definition) is 0. The van der Waals surface area contributed by atoms with Gasteiger partial charge in [-0.1, -0.05) is 48.6 Å². The molecule has 0 bridgehead atoms. The molecule has 2 aliphatic heterocycles. The van der Waals surface area contributed by atoms with Crippen LogP contribution < -0.4 is 9.64 Å². The molecule has 0 unspecified atom stereocenters. The van der Waals surface area contributed by atoms with Gasteiger partial charge in [0.2, 0.25) is 0 Å². The number of ether oxygens (including phenoxy) is 1. The molecular weight excluding hydrogens is 362 g/mol. The third kappa shape index (κ3) is 2.62. The van der Waals surface area contributed by atoms with E-state index in [2.05, 4.69) is 12.1 Å². The molecule has 1 saturated heterocycles. The first kappa shape index (κ1) is 18.8. The minimum Gasteiger partial charge on any atom is -0.494 e. The Morgan fingerprint density at radius 2 is 1.83 bits per heavy atom. The maximum absolute atomic E-state index is 13.0. The average molecular weight is 383 g/mol. The number of carbonyl (C=O) groups is 1. The van der Waals surface area contributed by atoms with Crippen LogP contribution in [0.3, 0.4) is 0 Å². The van der Waals surface area contributed by atoms with Crippen LogP contribution in [0.1, 0.15) is 30.9 Å². The van der Waals surface area contributed by atoms with Gasteiger partial charge in [0.1, 0.15) is 5.75 Å². The zero-order chi connectivity index (χ0) is 20.6. The molecule has 3 atom stereocenters. The molecule has 0 aliphatic carbocycles. The summed E-state index contributed by atoms with van der Waals surface area (Å²) in [7, 11) is 0. The Morgan fingerprint density at radius 3 is 2.52 bits per heavy atom. The van der Waals surface area contributed by atoms with Gasteiger partial charge in [-0.05, 0) is 31.5 Å². The van der Waals surface area contributed by atoms with Crippen molar-refractivity contribution in [1.29, 1.82) is 10.5 Å². The Kier molecular flexibility index (Phi) is 4.60. The number of para-hydroxylation sites is 2. The van der Waals surface area contributed by atoms with Crippen LogP contribution in [0.15, 0.2) is 54.6 Å². The van der Waals surface area contributed by atoms with Gasteiger partial charge < -0.3 is 9.64 Å². The Balaban J connectivity index is 2.00. The molecule has 0 spiro atoms. The summed E-state index contributed by atoms with van der Waals surface area (Å²) in [6.45, 7) is 3.87. The minimum atomic E-state index is -1.42. The molecule has 4 rings (SSSR count). The molecule has 0 saturated carbocycles. The number of ketones is 1. The van der Waals surface area contributed by atoms with Crippen molar-refractivity contribution in [3.05, 3.63) is 65.7 Å². The molecule has 2 aliphatic rings. The van der Waals surface area contributed by atoms with Gasteiger partial charge in [0.25, 0.3) is 0 Å². The Morgan fingerprint density at radius 1 is 1.14 bits per heavy atom. The number of carbonyl (C=O) groups excluding carboxylic acids is 1. The van der Waals surface area contributed by atoms with Gasteiger partial charge in [0.05, 0.1) is 30.8 Å². The van der Waals surface area contributed by atoms with E-state index in [0.29, 0.717) is 12.4 Å². The number of fused-ring (bicyclic) bond motifs is 3. The van der Waals surface area contributed by atoms with E-state index in [-0.39, 0.29) is 5.78 Å². The van der Waals surface area contributed by atoms with Crippen molar-refractivity contribution in [3.63, 3.8) is 0 Å². The molecule has 0 N–H and O–H groups in total. The number of rotatable bonds is 4. The van der Waals surface area contributed by atoms with Gasteiger partial charge in [0, 0.05) is 17.2 Å². The van der Waals surface area contributed by atoms with Gasteiger partial charge in [-0.3, -0.25) is 4.79 Å². The molecule has 29 heavy (non-hydrogen) atoms. The Bertz CT molecular complexity index is 1060. The molecule has 0 radical (unpaired) electrons. The predicted molar refractivity (Wildman–Crippen MR) is 110 cm³/mol. The first-order valence-electron chi connectivity index (χ1n) is 9.69. The maximum atomic E-state index is 13.0. The molecular formula is C24H21N3O2. The van der Waals surface area contributed by atoms with Crippen LogP contribution in [0.4, 0.5) is 5.69 Å². The fourth-order valence-electron chi connectivity index (χ4n) is 4.76. The van der Waals surface area contributed by atoms with Crippen molar-refractivity contribution in [3.8, 4) is 17.9 Å². The van der Waals surface area contributed by atoms with E-state index in [1.807, 2.05) is 72.5 Å². The SMILES string of the molecule is CCOc1ccccc1[C@@H]1[C@@H](C(C)=O)N2c3ccccc3C=C[C@H]2C1(C#N)C#N. The third-order valence-electron chi connectivity index (χ3n) is 5.89. The summed E-state index contributed by atoms with van der Waals surface area (Å²) in [5.74, 6) is -0.111. The highest BCUT2D eigenvalue weighted by atomic mass is 16.5. The largest absolute Gasteiger partial charge is 0.494 e. The van der Waals surface area contributed by atoms with Crippen LogP contribution in [0, 0.1) is 28.1 Å². The lowest BCUT2D eigenvalue weighted by Crippen LogP contribution is -2.43. The number of hydrogen-bond acceptors (Lipinski definition) is 5. The van der Waals surface area contributed by atoms with E-state index in [4.69, 9.17) is 4.74 Å². The predicted octanol–water partition coefficient (Wildman–Crippen LogP) is 4.08. The van der Waals surface area contributed by atoms with Gasteiger partial charge >= 0.3 is 0 Å². The van der Waals surface area contributed by atoms with E-state index in [9.17, 15) is 15.3 Å². The van der Waals surface area contributed by atoms with Gasteiger partial charge in [-0.15, -0.1) is 0 Å². The smallest absolute Gasteiger partial charge is 0.176 e. The second kappa shape index (κ2) is 7.11. The fourth-order valence-corrected chi connectivity index (χ4v) is 4.76. The van der Waals surface area contributed by atoms with Crippen LogP contribution in [-0.2, 0) is 4.79 Å². The number of nitriles is 2. The molecule has 1 fully saturated rings. The Labute approximate surface area is 170 Å². The average Bonchev–Trinajstić information content (AvgIpc) is 3.05. The highest BCUT2D eigenvalue weighted by Crippen LogP contribution is 2.56. The van der Waals surface area contributed by atoms with E-state index in [1.165, 1.54) is 6.92 Å². The lowest BCUT2D eigenvalue weighted by Gasteiger charge is -2.35. The second-order valence-corrected chi connectivity index (χ2v) is 7.37. The van der Waals surface area contributed by atoms with Crippen molar-refractivity contribution in [2.45, 2.75) is 31.8 Å². The third-order valence-corrected chi connectivity index (χ3v) is 5.89. The van der Waals surface area contributed by atoms with Crippen LogP contribution in [0.25, 0.3) is 6.08 Å². The molecule has 0 amide bonds. The first-order valence-corrected chi connectivity index (χ1v) is 9.69. The summed E-state index contributed by atoms with van der Waals surface area (Å²) in [6.07, 6.45) is 3.82. The number of Topliss-reactive ketones (excluding diaryl/α,β-unsaturated/α-hetero) is 1. The normalized spacial score (nSPS) is 23.4. The number of anilines is 1. The van der Waals surface area contributed by atoms with E-state index >= 15 is 0 Å². The summed E-state index contributed by atoms with van der Waals surface area (Å²) < 4.78 is 5.82. The highest BCUT2D eigenvalue weighted by Gasteiger charge is 2.63. The Hall–Kier alpha value is -3.57. The summed E-state index contributed by atoms with van der Waals surface area (Å²) in [6, 6.07) is 18.6. The molecule has 5 heteroatoms. The van der Waals surface area contributed by atoms with E-state index < -0.39 is 23.4 Å². The molecule has 5 nitrogen and oxygen atoms in total. The van der Waals surface area contributed by atoms with Crippen molar-refractivity contribution < 1.29 is 9.53 Å². The lowest BCUT2D eigenvalue weighted by atomic mass is 9.69. The monoisotopic (exact) mass is 383 g/mol. The highest BCUT2D eigenvalue weighted by molar-refractivity contribution is 5.91. The number of nitrogens with zero attached hydrogens (tertiary/aromatic N) is 3. The number of benzene rings is 2. The summed E-state index contributed by atoms with van der Waals surface area (Å²) in [5.41, 5.74) is 1.14. The van der Waals surface area contributed by atoms with Gasteiger partial charge in [-0.25, -0.2) is 0 Å². The zero-order valence-electron chi connectivity index (χ0n) is 16.4. The van der Waals surface area contributed by atoms with Crippen LogP contribution >= 0.6 is 0 Å². The van der Waals surface area contributed by atoms with Crippen molar-refractivity contribution in [1.82, 2.24) is 0 Å². The lowest BCUT2D eigenvalue weighted by molar-refractivity contribution is -0.118. The summed E-state index contributed by atoms with van der Waals surface area (Å²) in [4.78, 5) is 14.9. The molecule has 0 aromatic heterocycles. The van der Waals surface area contributed by atoms with E-state index in [0.717, 1.165) is 16.8 Å². The van der Waals surface area contributed by atoms with E-state index in [1.54, 1.807) is 0 Å². The van der Waals surface area contributed by atoms with Crippen molar-refractivity contribution in [2.24, 2.45) is 5.41 Å². The zero-order valence-corrected chi connectivity index (χ0v) is 16.4.